The van der Waals surface area contributed by atoms with Gasteiger partial charge < -0.3 is 15.6 Å². The fourth-order valence-corrected chi connectivity index (χ4v) is 4.93. The molecule has 3 rings (SSSR count). The monoisotopic (exact) mass is 453 g/mol. The van der Waals surface area contributed by atoms with Crippen molar-refractivity contribution >= 4 is 35.0 Å². The van der Waals surface area contributed by atoms with Crippen LogP contribution in [0.4, 0.5) is 5.82 Å². The molecule has 1 aromatic carbocycles. The molecule has 0 aliphatic heterocycles. The quantitative estimate of drug-likeness (QED) is 0.462. The Kier molecular flexibility index (Phi) is 7.56. The van der Waals surface area contributed by atoms with E-state index in [0.29, 0.717) is 35.3 Å². The number of ketones is 1. The maximum Gasteiger partial charge on any atom is 0.219 e. The molecule has 1 aliphatic rings. The van der Waals surface area contributed by atoms with Gasteiger partial charge >= 0.3 is 0 Å². The van der Waals surface area contributed by atoms with Crippen LogP contribution in [0.25, 0.3) is 0 Å². The molecular weight excluding hydrogens is 422 g/mol. The van der Waals surface area contributed by atoms with Crippen LogP contribution in [0, 0.1) is 5.41 Å². The van der Waals surface area contributed by atoms with Crippen molar-refractivity contribution in [2.45, 2.75) is 69.5 Å². The van der Waals surface area contributed by atoms with Crippen molar-refractivity contribution < 1.29 is 9.59 Å². The minimum absolute atomic E-state index is 0.165. The van der Waals surface area contributed by atoms with Crippen molar-refractivity contribution in [1.82, 2.24) is 9.55 Å². The first-order valence-electron chi connectivity index (χ1n) is 11.0. The summed E-state index contributed by atoms with van der Waals surface area (Å²) in [6.07, 6.45) is 5.04. The lowest BCUT2D eigenvalue weighted by Crippen LogP contribution is -2.15. The van der Waals surface area contributed by atoms with Crippen molar-refractivity contribution in [3.05, 3.63) is 46.2 Å². The number of nitrogens with two attached hydrogens (primary N) is 1. The number of carbonyl (C=O) groups excluding carboxylic acids is 2. The molecule has 4 N–H and O–H groups in total. The van der Waals surface area contributed by atoms with Gasteiger partial charge in [0.2, 0.25) is 5.91 Å². The van der Waals surface area contributed by atoms with Gasteiger partial charge in [0, 0.05) is 36.9 Å². The number of primary amides is 1. The Labute approximate surface area is 193 Å². The minimum Gasteiger partial charge on any atom is -0.373 e. The van der Waals surface area contributed by atoms with Crippen LogP contribution in [0.5, 0.6) is 0 Å². The summed E-state index contributed by atoms with van der Waals surface area (Å²) in [6.45, 7) is 6.49. The number of carbonyl (C=O) groups is 2. The van der Waals surface area contributed by atoms with Crippen molar-refractivity contribution in [2.24, 2.45) is 5.73 Å². The van der Waals surface area contributed by atoms with E-state index in [4.69, 9.17) is 16.1 Å². The average molecular weight is 454 g/mol. The van der Waals surface area contributed by atoms with Gasteiger partial charge in [0.05, 0.1) is 5.71 Å². The molecule has 1 heterocycles. The van der Waals surface area contributed by atoms with E-state index in [1.807, 2.05) is 30.6 Å². The largest absolute Gasteiger partial charge is 0.373 e. The third-order valence-electron chi connectivity index (χ3n) is 5.75. The predicted molar refractivity (Wildman–Crippen MR) is 129 cm³/mol. The number of allylic oxidation sites excluding steroid dienone is 2. The summed E-state index contributed by atoms with van der Waals surface area (Å²) < 4.78 is 1.91. The zero-order valence-corrected chi connectivity index (χ0v) is 20.0. The third kappa shape index (κ3) is 4.96. The summed E-state index contributed by atoms with van der Waals surface area (Å²) in [7, 11) is 1.78. The van der Waals surface area contributed by atoms with Crippen LogP contribution in [0.1, 0.15) is 67.2 Å². The number of anilines is 1. The van der Waals surface area contributed by atoms with E-state index in [2.05, 4.69) is 18.3 Å². The number of fused-ring (bicyclic) bond motifs is 1. The number of amides is 1. The number of imidazole rings is 1. The van der Waals surface area contributed by atoms with E-state index in [9.17, 15) is 9.59 Å². The number of rotatable bonds is 10. The maximum atomic E-state index is 12.3. The Morgan fingerprint density at radius 1 is 1.34 bits per heavy atom. The highest BCUT2D eigenvalue weighted by Gasteiger charge is 2.24. The van der Waals surface area contributed by atoms with Gasteiger partial charge in [-0.25, -0.2) is 4.98 Å². The molecule has 7 nitrogen and oxygen atoms in total. The fraction of sp³-hybridized carbons (Fsp3) is 0.417. The van der Waals surface area contributed by atoms with Gasteiger partial charge in [-0.05, 0) is 49.5 Å². The molecule has 0 saturated heterocycles. The molecule has 8 heteroatoms. The number of aromatic nitrogens is 2. The lowest BCUT2D eigenvalue weighted by atomic mass is 10.0. The van der Waals surface area contributed by atoms with E-state index in [-0.39, 0.29) is 12.2 Å². The Hall–Kier alpha value is -2.87. The lowest BCUT2D eigenvalue weighted by molar-refractivity contribution is -0.118. The molecule has 1 aromatic heterocycles. The molecule has 2 aromatic rings. The van der Waals surface area contributed by atoms with Gasteiger partial charge in [-0.3, -0.25) is 15.0 Å². The first-order chi connectivity index (χ1) is 15.3. The summed E-state index contributed by atoms with van der Waals surface area (Å²) in [5, 5.41) is 12.4. The number of hydrogen-bond acceptors (Lipinski definition) is 6. The first kappa shape index (κ1) is 23.8. The Balaban J connectivity index is 2.09. The van der Waals surface area contributed by atoms with Crippen molar-refractivity contribution in [2.75, 3.05) is 12.4 Å². The molecule has 170 valence electrons. The summed E-state index contributed by atoms with van der Waals surface area (Å²) in [6, 6.07) is 4.11. The fourth-order valence-electron chi connectivity index (χ4n) is 3.79. The van der Waals surface area contributed by atoms with E-state index >= 15 is 0 Å². The topological polar surface area (TPSA) is 114 Å². The van der Waals surface area contributed by atoms with E-state index in [1.165, 1.54) is 11.8 Å². The van der Waals surface area contributed by atoms with Crippen molar-refractivity contribution in [1.29, 1.82) is 5.41 Å². The van der Waals surface area contributed by atoms with Crippen LogP contribution in [-0.2, 0) is 24.2 Å². The second-order valence-electron chi connectivity index (χ2n) is 7.96. The van der Waals surface area contributed by atoms with Crippen LogP contribution in [0.2, 0.25) is 0 Å². The number of nitrogens with one attached hydrogen (secondary N) is 2. The number of aryl methyl sites for hydroxylation is 2. The van der Waals surface area contributed by atoms with Gasteiger partial charge in [0.15, 0.2) is 10.9 Å². The summed E-state index contributed by atoms with van der Waals surface area (Å²) in [4.78, 5) is 29.6. The van der Waals surface area contributed by atoms with Gasteiger partial charge in [0.25, 0.3) is 0 Å². The van der Waals surface area contributed by atoms with Crippen molar-refractivity contribution in [3.63, 3.8) is 0 Å². The highest BCUT2D eigenvalue weighted by molar-refractivity contribution is 7.99. The molecule has 1 aliphatic carbocycles. The van der Waals surface area contributed by atoms with Crippen LogP contribution in [0.3, 0.4) is 0 Å². The van der Waals surface area contributed by atoms with Crippen LogP contribution in [0.15, 0.2) is 33.8 Å². The van der Waals surface area contributed by atoms with Gasteiger partial charge in [-0.15, -0.1) is 0 Å². The Morgan fingerprint density at radius 3 is 2.72 bits per heavy atom. The van der Waals surface area contributed by atoms with Gasteiger partial charge in [0.1, 0.15) is 11.5 Å². The highest BCUT2D eigenvalue weighted by atomic mass is 32.2. The van der Waals surface area contributed by atoms with Gasteiger partial charge in [-0.1, -0.05) is 37.2 Å². The number of nitrogens with zero attached hydrogens (tertiary/aromatic N) is 2. The van der Waals surface area contributed by atoms with E-state index in [1.54, 1.807) is 7.05 Å². The second-order valence-corrected chi connectivity index (χ2v) is 8.97. The molecule has 0 saturated carbocycles. The highest BCUT2D eigenvalue weighted by Crippen LogP contribution is 2.37. The molecule has 0 unspecified atom stereocenters. The van der Waals surface area contributed by atoms with E-state index in [0.717, 1.165) is 46.4 Å². The van der Waals surface area contributed by atoms with Crippen molar-refractivity contribution in [3.8, 4) is 0 Å². The zero-order valence-electron chi connectivity index (χ0n) is 19.2. The molecule has 32 heavy (non-hydrogen) atoms. The minimum atomic E-state index is -0.396. The molecular formula is C24H31N5O2S. The average Bonchev–Trinajstić information content (AvgIpc) is 3.31. The lowest BCUT2D eigenvalue weighted by Gasteiger charge is -2.13. The van der Waals surface area contributed by atoms with Crippen LogP contribution < -0.4 is 11.1 Å². The zero-order chi connectivity index (χ0) is 23.4. The predicted octanol–water partition coefficient (Wildman–Crippen LogP) is 4.37. The third-order valence-corrected chi connectivity index (χ3v) is 6.84. The molecule has 0 fully saturated rings. The summed E-state index contributed by atoms with van der Waals surface area (Å²) >= 11 is 1.47. The van der Waals surface area contributed by atoms with Crippen LogP contribution >= 0.6 is 11.8 Å². The second kappa shape index (κ2) is 10.2. The van der Waals surface area contributed by atoms with Gasteiger partial charge in [-0.2, -0.15) is 0 Å². The Bertz CT molecular complexity index is 1100. The maximum absolute atomic E-state index is 12.3. The SMILES string of the molecule is CC/C(C)=C/C(=N)c1nc(Sc2cc3c(cc2CC)CCC3=O)n(CCC(N)=O)c1NC. The number of benzene rings is 1. The molecule has 0 atom stereocenters. The molecule has 0 bridgehead atoms. The number of hydrogen-bond donors (Lipinski definition) is 3. The molecule has 0 spiro atoms. The first-order valence-corrected chi connectivity index (χ1v) is 11.8. The van der Waals surface area contributed by atoms with Crippen LogP contribution in [-0.4, -0.2) is 34.0 Å². The Morgan fingerprint density at radius 2 is 2.09 bits per heavy atom. The van der Waals surface area contributed by atoms with E-state index < -0.39 is 5.91 Å². The molecule has 1 amide bonds. The normalized spacial score (nSPS) is 13.4. The summed E-state index contributed by atoms with van der Waals surface area (Å²) in [5.41, 5.74) is 10.4. The molecule has 0 radical (unpaired) electrons. The standard InChI is InChI=1S/C24H31N5O2S/c1-5-14(3)11-18(25)22-23(27-4)29(10-9-21(26)31)24(28-22)32-20-13-17-16(7-8-19(17)30)12-15(20)6-2/h11-13,25,27H,5-10H2,1-4H3,(H2,26,31)/b14-11+,25-18?. The number of Topliss-reactive ketones (excluding diaryl/α,β-unsaturated/α-hetero) is 1. The summed E-state index contributed by atoms with van der Waals surface area (Å²) in [5.74, 6) is 0.460. The smallest absolute Gasteiger partial charge is 0.219 e.